The zero-order chi connectivity index (χ0) is 12.0. The molecule has 0 radical (unpaired) electrons. The van der Waals surface area contributed by atoms with Crippen molar-refractivity contribution in [2.24, 2.45) is 17.7 Å². The Bertz CT molecular complexity index is 215. The molecule has 1 amide bonds. The summed E-state index contributed by atoms with van der Waals surface area (Å²) in [7, 11) is 0. The molecule has 0 aliphatic heterocycles. The second-order valence-corrected chi connectivity index (χ2v) is 4.63. The van der Waals surface area contributed by atoms with Gasteiger partial charge in [0.25, 0.3) is 0 Å². The number of nitrogens with two attached hydrogens (primary N) is 1. The van der Waals surface area contributed by atoms with Crippen LogP contribution in [-0.2, 0) is 4.79 Å². The molecule has 0 spiro atoms. The highest BCUT2D eigenvalue weighted by Crippen LogP contribution is 2.30. The number of aliphatic hydroxyl groups excluding tert-OH is 2. The highest BCUT2D eigenvalue weighted by molar-refractivity contribution is 5.77. The molecule has 0 aromatic heterocycles. The molecule has 5 heteroatoms. The Kier molecular flexibility index (Phi) is 5.73. The Morgan fingerprint density at radius 1 is 1.38 bits per heavy atom. The molecule has 0 saturated heterocycles. The van der Waals surface area contributed by atoms with E-state index in [9.17, 15) is 9.90 Å². The molecular weight excluding hydrogens is 208 g/mol. The van der Waals surface area contributed by atoms with Crippen LogP contribution in [0.5, 0.6) is 0 Å². The third-order valence-corrected chi connectivity index (χ3v) is 3.42. The van der Waals surface area contributed by atoms with Crippen LogP contribution in [0.4, 0.5) is 0 Å². The minimum atomic E-state index is -0.199. The van der Waals surface area contributed by atoms with E-state index in [2.05, 4.69) is 5.43 Å². The second kappa shape index (κ2) is 6.83. The Labute approximate surface area is 96.0 Å². The Morgan fingerprint density at radius 3 is 2.50 bits per heavy atom. The minimum Gasteiger partial charge on any atom is -0.396 e. The standard InChI is InChI=1S/C11H22N2O3/c12-13-11(16)9(5-6-14)7-8-1-3-10(15)4-2-8/h8-10,14-15H,1-7,12H2,(H,13,16)/t8?,9-,10?/m1/s1. The van der Waals surface area contributed by atoms with Gasteiger partial charge in [-0.2, -0.15) is 0 Å². The van der Waals surface area contributed by atoms with Crippen molar-refractivity contribution < 1.29 is 15.0 Å². The highest BCUT2D eigenvalue weighted by Gasteiger charge is 2.25. The van der Waals surface area contributed by atoms with Crippen molar-refractivity contribution >= 4 is 5.91 Å². The molecule has 0 aromatic rings. The largest absolute Gasteiger partial charge is 0.396 e. The van der Waals surface area contributed by atoms with Crippen molar-refractivity contribution in [2.45, 2.75) is 44.6 Å². The van der Waals surface area contributed by atoms with E-state index in [0.717, 1.165) is 32.1 Å². The monoisotopic (exact) mass is 230 g/mol. The number of hydrogen-bond acceptors (Lipinski definition) is 4. The summed E-state index contributed by atoms with van der Waals surface area (Å²) in [5.41, 5.74) is 2.15. The number of aliphatic hydroxyl groups is 2. The number of carbonyl (C=O) groups is 1. The predicted octanol–water partition coefficient (Wildman–Crippen LogP) is -0.0839. The fourth-order valence-electron chi connectivity index (χ4n) is 2.41. The lowest BCUT2D eigenvalue weighted by Crippen LogP contribution is -2.37. The quantitative estimate of drug-likeness (QED) is 0.302. The van der Waals surface area contributed by atoms with Gasteiger partial charge in [-0.3, -0.25) is 10.2 Å². The highest BCUT2D eigenvalue weighted by atomic mass is 16.3. The first-order valence-corrected chi connectivity index (χ1v) is 5.96. The number of rotatable bonds is 5. The minimum absolute atomic E-state index is 0.00737. The first-order chi connectivity index (χ1) is 7.67. The van der Waals surface area contributed by atoms with E-state index in [1.165, 1.54) is 0 Å². The van der Waals surface area contributed by atoms with Gasteiger partial charge in [0, 0.05) is 12.5 Å². The molecule has 1 aliphatic carbocycles. The van der Waals surface area contributed by atoms with Crippen molar-refractivity contribution in [3.63, 3.8) is 0 Å². The van der Waals surface area contributed by atoms with Crippen LogP contribution in [0.15, 0.2) is 0 Å². The SMILES string of the molecule is NNC(=O)[C@H](CCO)CC1CCC(O)CC1. The summed E-state index contributed by atoms with van der Waals surface area (Å²) in [6, 6.07) is 0. The van der Waals surface area contributed by atoms with Crippen LogP contribution in [0.1, 0.15) is 38.5 Å². The zero-order valence-corrected chi connectivity index (χ0v) is 9.56. The van der Waals surface area contributed by atoms with Crippen LogP contribution < -0.4 is 11.3 Å². The van der Waals surface area contributed by atoms with E-state index in [-0.39, 0.29) is 24.5 Å². The summed E-state index contributed by atoms with van der Waals surface area (Å²) in [4.78, 5) is 11.4. The van der Waals surface area contributed by atoms with E-state index in [1.807, 2.05) is 0 Å². The summed E-state index contributed by atoms with van der Waals surface area (Å²) in [5.74, 6) is 5.19. The molecule has 5 nitrogen and oxygen atoms in total. The molecule has 1 fully saturated rings. The van der Waals surface area contributed by atoms with Gasteiger partial charge < -0.3 is 10.2 Å². The molecule has 1 atom stereocenters. The van der Waals surface area contributed by atoms with Gasteiger partial charge >= 0.3 is 0 Å². The lowest BCUT2D eigenvalue weighted by Gasteiger charge is -2.27. The Balaban J connectivity index is 2.39. The van der Waals surface area contributed by atoms with Crippen molar-refractivity contribution in [2.75, 3.05) is 6.61 Å². The maximum atomic E-state index is 11.4. The van der Waals surface area contributed by atoms with E-state index < -0.39 is 0 Å². The number of nitrogens with one attached hydrogen (secondary N) is 1. The topological polar surface area (TPSA) is 95.6 Å². The molecular formula is C11H22N2O3. The summed E-state index contributed by atoms with van der Waals surface area (Å²) in [5, 5.41) is 18.3. The van der Waals surface area contributed by atoms with E-state index in [0.29, 0.717) is 12.3 Å². The summed E-state index contributed by atoms with van der Waals surface area (Å²) in [6.07, 6.45) is 4.61. The fourth-order valence-corrected chi connectivity index (χ4v) is 2.41. The maximum absolute atomic E-state index is 11.4. The van der Waals surface area contributed by atoms with Gasteiger partial charge in [-0.05, 0) is 44.4 Å². The molecule has 16 heavy (non-hydrogen) atoms. The van der Waals surface area contributed by atoms with Crippen molar-refractivity contribution in [3.8, 4) is 0 Å². The molecule has 1 rings (SSSR count). The molecule has 0 heterocycles. The summed E-state index contributed by atoms with van der Waals surface area (Å²) in [6.45, 7) is 0.00737. The molecule has 0 aromatic carbocycles. The zero-order valence-electron chi connectivity index (χ0n) is 9.56. The van der Waals surface area contributed by atoms with Gasteiger partial charge in [-0.25, -0.2) is 5.84 Å². The second-order valence-electron chi connectivity index (χ2n) is 4.63. The third-order valence-electron chi connectivity index (χ3n) is 3.42. The molecule has 94 valence electrons. The van der Waals surface area contributed by atoms with Crippen LogP contribution >= 0.6 is 0 Å². The molecule has 1 aliphatic rings. The van der Waals surface area contributed by atoms with E-state index >= 15 is 0 Å². The Hall–Kier alpha value is -0.650. The normalized spacial score (nSPS) is 27.4. The van der Waals surface area contributed by atoms with Gasteiger partial charge in [-0.15, -0.1) is 0 Å². The molecule has 5 N–H and O–H groups in total. The van der Waals surface area contributed by atoms with Gasteiger partial charge in [0.15, 0.2) is 0 Å². The van der Waals surface area contributed by atoms with Gasteiger partial charge in [0.05, 0.1) is 6.10 Å². The first-order valence-electron chi connectivity index (χ1n) is 5.96. The van der Waals surface area contributed by atoms with Crippen molar-refractivity contribution in [1.82, 2.24) is 5.43 Å². The summed E-state index contributed by atoms with van der Waals surface area (Å²) >= 11 is 0. The number of amides is 1. The molecule has 1 saturated carbocycles. The Morgan fingerprint density at radius 2 is 2.00 bits per heavy atom. The summed E-state index contributed by atoms with van der Waals surface area (Å²) < 4.78 is 0. The number of carbonyl (C=O) groups excluding carboxylic acids is 1. The van der Waals surface area contributed by atoms with Crippen LogP contribution in [0.2, 0.25) is 0 Å². The van der Waals surface area contributed by atoms with Crippen LogP contribution in [-0.4, -0.2) is 28.8 Å². The van der Waals surface area contributed by atoms with Gasteiger partial charge in [0.2, 0.25) is 5.91 Å². The first kappa shape index (κ1) is 13.4. The molecule has 0 bridgehead atoms. The lowest BCUT2D eigenvalue weighted by atomic mass is 9.80. The average molecular weight is 230 g/mol. The fraction of sp³-hybridized carbons (Fsp3) is 0.909. The third kappa shape index (κ3) is 4.08. The predicted molar refractivity (Wildman–Crippen MR) is 60.1 cm³/mol. The number of hydrazine groups is 1. The van der Waals surface area contributed by atoms with Crippen LogP contribution in [0, 0.1) is 11.8 Å². The van der Waals surface area contributed by atoms with Gasteiger partial charge in [-0.1, -0.05) is 0 Å². The van der Waals surface area contributed by atoms with E-state index in [1.54, 1.807) is 0 Å². The molecule has 0 unspecified atom stereocenters. The van der Waals surface area contributed by atoms with E-state index in [4.69, 9.17) is 10.9 Å². The van der Waals surface area contributed by atoms with Crippen molar-refractivity contribution in [1.29, 1.82) is 0 Å². The van der Waals surface area contributed by atoms with Crippen molar-refractivity contribution in [3.05, 3.63) is 0 Å². The van der Waals surface area contributed by atoms with Gasteiger partial charge in [0.1, 0.15) is 0 Å². The lowest BCUT2D eigenvalue weighted by molar-refractivity contribution is -0.126. The maximum Gasteiger partial charge on any atom is 0.237 e. The average Bonchev–Trinajstić information content (AvgIpc) is 2.30. The van der Waals surface area contributed by atoms with Crippen LogP contribution in [0.3, 0.4) is 0 Å². The smallest absolute Gasteiger partial charge is 0.237 e. The number of hydrogen-bond donors (Lipinski definition) is 4. The van der Waals surface area contributed by atoms with Crippen LogP contribution in [0.25, 0.3) is 0 Å².